The lowest BCUT2D eigenvalue weighted by Gasteiger charge is -2.14. The zero-order valence-electron chi connectivity index (χ0n) is 12.6. The highest BCUT2D eigenvalue weighted by Gasteiger charge is 2.26. The van der Waals surface area contributed by atoms with E-state index in [0.717, 1.165) is 5.69 Å². The predicted molar refractivity (Wildman–Crippen MR) is 84.0 cm³/mol. The summed E-state index contributed by atoms with van der Waals surface area (Å²) in [5, 5.41) is 6.09. The van der Waals surface area contributed by atoms with Crippen molar-refractivity contribution in [1.29, 1.82) is 0 Å². The van der Waals surface area contributed by atoms with Crippen molar-refractivity contribution >= 4 is 32.3 Å². The second-order valence-electron chi connectivity index (χ2n) is 5.82. The lowest BCUT2D eigenvalue weighted by Crippen LogP contribution is -2.16. The van der Waals surface area contributed by atoms with Crippen LogP contribution in [0.3, 0.4) is 0 Å². The molecule has 9 heteroatoms. The van der Waals surface area contributed by atoms with Crippen LogP contribution < -0.4 is 10.5 Å². The minimum atomic E-state index is -3.80. The van der Waals surface area contributed by atoms with E-state index in [-0.39, 0.29) is 16.1 Å². The third-order valence-electron chi connectivity index (χ3n) is 3.07. The second-order valence-corrected chi connectivity index (χ2v) is 8.29. The van der Waals surface area contributed by atoms with Crippen molar-refractivity contribution in [2.45, 2.75) is 38.0 Å². The first-order valence-electron chi connectivity index (χ1n) is 6.30. The van der Waals surface area contributed by atoms with Crippen molar-refractivity contribution in [1.82, 2.24) is 14.8 Å². The van der Waals surface area contributed by atoms with Gasteiger partial charge in [0.2, 0.25) is 0 Å². The van der Waals surface area contributed by atoms with Crippen LogP contribution in [0.4, 0.5) is 10.9 Å². The molecule has 0 amide bonds. The fourth-order valence-electron chi connectivity index (χ4n) is 1.78. The largest absolute Gasteiger partial charge is 0.381 e. The Kier molecular flexibility index (Phi) is 3.75. The highest BCUT2D eigenvalue weighted by Crippen LogP contribution is 2.29. The number of aryl methyl sites for hydroxylation is 1. The summed E-state index contributed by atoms with van der Waals surface area (Å²) in [6, 6.07) is 0. The monoisotopic (exact) mass is 329 g/mol. The van der Waals surface area contributed by atoms with Crippen LogP contribution in [0.15, 0.2) is 10.3 Å². The summed E-state index contributed by atoms with van der Waals surface area (Å²) in [5.41, 5.74) is 6.87. The van der Waals surface area contributed by atoms with Crippen molar-refractivity contribution in [2.75, 3.05) is 10.5 Å². The van der Waals surface area contributed by atoms with Gasteiger partial charge in [-0.15, -0.1) is 11.3 Å². The van der Waals surface area contributed by atoms with E-state index in [1.165, 1.54) is 16.0 Å². The molecule has 0 radical (unpaired) electrons. The molecule has 21 heavy (non-hydrogen) atoms. The molecule has 2 aromatic heterocycles. The predicted octanol–water partition coefficient (Wildman–Crippen LogP) is 1.87. The highest BCUT2D eigenvalue weighted by molar-refractivity contribution is 7.93. The summed E-state index contributed by atoms with van der Waals surface area (Å²) in [5.74, 6) is -0.0184. The number of aromatic nitrogens is 3. The summed E-state index contributed by atoms with van der Waals surface area (Å²) in [6.45, 7) is 7.71. The van der Waals surface area contributed by atoms with Gasteiger partial charge in [0, 0.05) is 17.8 Å². The van der Waals surface area contributed by atoms with Gasteiger partial charge in [0.25, 0.3) is 10.0 Å². The molecule has 0 spiro atoms. The first-order valence-corrected chi connectivity index (χ1v) is 8.66. The van der Waals surface area contributed by atoms with Crippen LogP contribution in [-0.4, -0.2) is 23.2 Å². The Morgan fingerprint density at radius 2 is 2.00 bits per heavy atom. The van der Waals surface area contributed by atoms with Crippen LogP contribution in [0.5, 0.6) is 0 Å². The molecule has 0 aliphatic heterocycles. The normalized spacial score (nSPS) is 12.6. The molecule has 0 aliphatic rings. The quantitative estimate of drug-likeness (QED) is 0.894. The molecule has 0 aliphatic carbocycles. The molecule has 0 unspecified atom stereocenters. The molecule has 7 nitrogen and oxygen atoms in total. The molecule has 0 atom stereocenters. The maximum Gasteiger partial charge on any atom is 0.269 e. The Labute approximate surface area is 128 Å². The summed E-state index contributed by atoms with van der Waals surface area (Å²) in [6.07, 6.45) is 0. The number of rotatable bonds is 3. The summed E-state index contributed by atoms with van der Waals surface area (Å²) < 4.78 is 28.8. The average Bonchev–Trinajstić information content (AvgIpc) is 2.84. The van der Waals surface area contributed by atoms with Crippen LogP contribution in [-0.2, 0) is 22.5 Å². The van der Waals surface area contributed by atoms with Crippen molar-refractivity contribution < 1.29 is 8.42 Å². The van der Waals surface area contributed by atoms with E-state index in [9.17, 15) is 8.42 Å². The zero-order valence-corrected chi connectivity index (χ0v) is 14.3. The minimum absolute atomic E-state index is 0.00231. The summed E-state index contributed by atoms with van der Waals surface area (Å²) in [4.78, 5) is 4.32. The number of sulfonamides is 1. The van der Waals surface area contributed by atoms with Crippen molar-refractivity contribution in [2.24, 2.45) is 7.05 Å². The van der Waals surface area contributed by atoms with Gasteiger partial charge in [0.1, 0.15) is 0 Å². The SMILES string of the molecule is Cc1c(S(=O)(=O)Nc2nc(C(C)(C)C)cs2)c(N)nn1C. The molecule has 0 saturated heterocycles. The van der Waals surface area contributed by atoms with Crippen molar-refractivity contribution in [3.8, 4) is 0 Å². The second kappa shape index (κ2) is 4.99. The molecule has 0 saturated carbocycles. The third-order valence-corrected chi connectivity index (χ3v) is 5.46. The number of hydrogen-bond donors (Lipinski definition) is 2. The number of nitrogen functional groups attached to an aromatic ring is 1. The molecule has 2 aromatic rings. The Bertz CT molecular complexity index is 768. The number of nitrogens with one attached hydrogen (secondary N) is 1. The number of nitrogens with two attached hydrogens (primary N) is 1. The first kappa shape index (κ1) is 15.8. The highest BCUT2D eigenvalue weighted by atomic mass is 32.2. The van der Waals surface area contributed by atoms with Crippen molar-refractivity contribution in [3.63, 3.8) is 0 Å². The minimum Gasteiger partial charge on any atom is -0.381 e. The molecule has 2 heterocycles. The molecule has 116 valence electrons. The van der Waals surface area contributed by atoms with E-state index in [4.69, 9.17) is 5.73 Å². The standard InChI is InChI=1S/C12H19N5O2S2/c1-7-9(10(13)15-17(7)5)21(18,19)16-11-14-8(6-20-11)12(2,3)4/h6H,1-5H3,(H2,13,15)(H,14,16). The van der Waals surface area contributed by atoms with E-state index in [2.05, 4.69) is 14.8 Å². The number of thiazole rings is 1. The third kappa shape index (κ3) is 3.03. The maximum atomic E-state index is 12.4. The smallest absolute Gasteiger partial charge is 0.269 e. The molecule has 0 bridgehead atoms. The molecular formula is C12H19N5O2S2. The van der Waals surface area contributed by atoms with Gasteiger partial charge in [-0.3, -0.25) is 9.40 Å². The lowest BCUT2D eigenvalue weighted by molar-refractivity contribution is 0.573. The van der Waals surface area contributed by atoms with E-state index in [1.807, 2.05) is 26.2 Å². The molecule has 0 aromatic carbocycles. The fourth-order valence-corrected chi connectivity index (χ4v) is 4.29. The Balaban J connectivity index is 2.36. The van der Waals surface area contributed by atoms with Crippen LogP contribution in [0.1, 0.15) is 32.2 Å². The average molecular weight is 329 g/mol. The van der Waals surface area contributed by atoms with Gasteiger partial charge in [-0.1, -0.05) is 20.8 Å². The van der Waals surface area contributed by atoms with Gasteiger partial charge in [-0.2, -0.15) is 5.10 Å². The molecule has 0 fully saturated rings. The van der Waals surface area contributed by atoms with Crippen LogP contribution >= 0.6 is 11.3 Å². The van der Waals surface area contributed by atoms with Gasteiger partial charge in [0.15, 0.2) is 15.8 Å². The van der Waals surface area contributed by atoms with E-state index in [1.54, 1.807) is 14.0 Å². The molecule has 2 rings (SSSR count). The van der Waals surface area contributed by atoms with E-state index < -0.39 is 10.0 Å². The Morgan fingerprint density at radius 3 is 2.43 bits per heavy atom. The van der Waals surface area contributed by atoms with E-state index in [0.29, 0.717) is 10.8 Å². The van der Waals surface area contributed by atoms with Gasteiger partial charge in [-0.05, 0) is 6.92 Å². The van der Waals surface area contributed by atoms with Gasteiger partial charge >= 0.3 is 0 Å². The van der Waals surface area contributed by atoms with Gasteiger partial charge in [-0.25, -0.2) is 13.4 Å². The lowest BCUT2D eigenvalue weighted by atomic mass is 9.93. The summed E-state index contributed by atoms with van der Waals surface area (Å²) in [7, 11) is -2.15. The van der Waals surface area contributed by atoms with Gasteiger partial charge in [0.05, 0.1) is 11.4 Å². The van der Waals surface area contributed by atoms with Crippen LogP contribution in [0, 0.1) is 6.92 Å². The topological polar surface area (TPSA) is 103 Å². The molecular weight excluding hydrogens is 310 g/mol. The zero-order chi connectivity index (χ0) is 16.0. The van der Waals surface area contributed by atoms with Crippen LogP contribution in [0.2, 0.25) is 0 Å². The van der Waals surface area contributed by atoms with Crippen LogP contribution in [0.25, 0.3) is 0 Å². The van der Waals surface area contributed by atoms with E-state index >= 15 is 0 Å². The number of anilines is 2. The van der Waals surface area contributed by atoms with Crippen molar-refractivity contribution in [3.05, 3.63) is 16.8 Å². The molecule has 3 N–H and O–H groups in total. The maximum absolute atomic E-state index is 12.4. The number of nitrogens with zero attached hydrogens (tertiary/aromatic N) is 3. The fraction of sp³-hybridized carbons (Fsp3) is 0.500. The first-order chi connectivity index (χ1) is 9.52. The summed E-state index contributed by atoms with van der Waals surface area (Å²) >= 11 is 1.25. The Morgan fingerprint density at radius 1 is 1.38 bits per heavy atom. The Hall–Kier alpha value is -1.61. The number of hydrogen-bond acceptors (Lipinski definition) is 6. The van der Waals surface area contributed by atoms with Gasteiger partial charge < -0.3 is 5.73 Å².